The molecule has 0 spiro atoms. The van der Waals surface area contributed by atoms with E-state index in [0.29, 0.717) is 37.4 Å². The van der Waals surface area contributed by atoms with Crippen molar-refractivity contribution in [3.05, 3.63) is 54.1 Å². The third kappa shape index (κ3) is 4.89. The molecular formula is C21H20F2N6O4. The summed E-state index contributed by atoms with van der Waals surface area (Å²) in [5.41, 5.74) is -0.164. The maximum atomic E-state index is 13.3. The summed E-state index contributed by atoms with van der Waals surface area (Å²) < 4.78 is 31.5. The molecule has 1 fully saturated rings. The third-order valence-electron chi connectivity index (χ3n) is 5.50. The van der Waals surface area contributed by atoms with Crippen molar-refractivity contribution in [2.24, 2.45) is 5.41 Å². The molecule has 0 radical (unpaired) electrons. The molecule has 4 rings (SSSR count). The first kappa shape index (κ1) is 22.1. The molecule has 1 aromatic carbocycles. The number of nitrogens with zero attached hydrogens (tertiary/aromatic N) is 4. The molecule has 1 aliphatic heterocycles. The number of amides is 1. The monoisotopic (exact) mass is 458 g/mol. The predicted molar refractivity (Wildman–Crippen MR) is 113 cm³/mol. The molecule has 1 saturated heterocycles. The number of aromatic nitrogens is 3. The van der Waals surface area contributed by atoms with Crippen LogP contribution in [0.3, 0.4) is 0 Å². The second-order valence-electron chi connectivity index (χ2n) is 7.88. The molecule has 3 aromatic rings. The van der Waals surface area contributed by atoms with Gasteiger partial charge >= 0.3 is 23.8 Å². The molecule has 0 atom stereocenters. The lowest BCUT2D eigenvalue weighted by atomic mass is 9.80. The Bertz CT molecular complexity index is 1180. The van der Waals surface area contributed by atoms with E-state index in [-0.39, 0.29) is 17.6 Å². The first-order valence-corrected chi connectivity index (χ1v) is 10.0. The summed E-state index contributed by atoms with van der Waals surface area (Å²) in [6, 6.07) is 6.34. The molecule has 3 heterocycles. The van der Waals surface area contributed by atoms with Gasteiger partial charge in [0.2, 0.25) is 0 Å². The van der Waals surface area contributed by atoms with E-state index in [4.69, 9.17) is 4.42 Å². The lowest BCUT2D eigenvalue weighted by Crippen LogP contribution is -2.43. The average Bonchev–Trinajstić information content (AvgIpc) is 3.26. The Balaban J connectivity index is 1.34. The van der Waals surface area contributed by atoms with Gasteiger partial charge in [0.15, 0.2) is 11.6 Å². The van der Waals surface area contributed by atoms with Crippen LogP contribution < -0.4 is 15.5 Å². The van der Waals surface area contributed by atoms with E-state index in [0.717, 1.165) is 12.1 Å². The van der Waals surface area contributed by atoms with E-state index >= 15 is 0 Å². The van der Waals surface area contributed by atoms with Gasteiger partial charge in [-0.15, -0.1) is 5.10 Å². The molecule has 12 heteroatoms. The number of aliphatic carboxylic acids is 1. The van der Waals surface area contributed by atoms with E-state index in [1.54, 1.807) is 19.1 Å². The number of carbonyl (C=O) groups is 2. The summed E-state index contributed by atoms with van der Waals surface area (Å²) in [4.78, 5) is 30.1. The fourth-order valence-corrected chi connectivity index (χ4v) is 3.34. The highest BCUT2D eigenvalue weighted by atomic mass is 19.2. The Morgan fingerprint density at radius 2 is 1.82 bits per heavy atom. The Hall–Kier alpha value is -4.09. The van der Waals surface area contributed by atoms with Crippen LogP contribution >= 0.6 is 0 Å². The molecule has 1 amide bonds. The Kier molecular flexibility index (Phi) is 5.90. The number of carboxylic acids is 1. The minimum absolute atomic E-state index is 0.168. The summed E-state index contributed by atoms with van der Waals surface area (Å²) in [7, 11) is 0. The Labute approximate surface area is 186 Å². The van der Waals surface area contributed by atoms with Crippen LogP contribution in [0.5, 0.6) is 0 Å². The minimum atomic E-state index is -1.05. The van der Waals surface area contributed by atoms with Gasteiger partial charge in [0, 0.05) is 24.8 Å². The van der Waals surface area contributed by atoms with Crippen LogP contribution in [0.2, 0.25) is 0 Å². The summed E-state index contributed by atoms with van der Waals surface area (Å²) in [6.45, 7) is 2.88. The van der Waals surface area contributed by atoms with Gasteiger partial charge in [-0.1, -0.05) is 5.10 Å². The fraction of sp³-hybridized carbons (Fsp3) is 0.286. The molecule has 33 heavy (non-hydrogen) atoms. The average molecular weight is 458 g/mol. The van der Waals surface area contributed by atoms with Gasteiger partial charge < -0.3 is 25.1 Å². The summed E-state index contributed by atoms with van der Waals surface area (Å²) in [6.07, 6.45) is 2.50. The molecule has 0 bridgehead atoms. The quantitative estimate of drug-likeness (QED) is 0.508. The van der Waals surface area contributed by atoms with Crippen molar-refractivity contribution >= 4 is 35.1 Å². The largest absolute Gasteiger partial charge is 0.481 e. The smallest absolute Gasteiger partial charge is 0.320 e. The number of carbonyl (C=O) groups excluding carboxylic acids is 1. The SMILES string of the molecule is CC1(C(=O)O)CCN(c2ccc(NC(=O)c3nnc(Nc4ccc(F)c(F)c4)o3)cn2)CC1. The number of hydrogen-bond acceptors (Lipinski definition) is 8. The third-order valence-corrected chi connectivity index (χ3v) is 5.50. The molecule has 1 aliphatic rings. The van der Waals surface area contributed by atoms with Crippen molar-refractivity contribution in [1.29, 1.82) is 0 Å². The van der Waals surface area contributed by atoms with Crippen molar-refractivity contribution in [2.45, 2.75) is 19.8 Å². The van der Waals surface area contributed by atoms with Gasteiger partial charge in [-0.05, 0) is 44.0 Å². The minimum Gasteiger partial charge on any atom is -0.481 e. The predicted octanol–water partition coefficient (Wildman–Crippen LogP) is 3.43. The van der Waals surface area contributed by atoms with Gasteiger partial charge in [0.05, 0.1) is 17.3 Å². The number of halogens is 2. The van der Waals surface area contributed by atoms with Crippen LogP contribution in [0.25, 0.3) is 0 Å². The number of rotatable bonds is 6. The molecule has 2 aromatic heterocycles. The summed E-state index contributed by atoms with van der Waals surface area (Å²) >= 11 is 0. The van der Waals surface area contributed by atoms with E-state index in [2.05, 4.69) is 25.8 Å². The zero-order chi connectivity index (χ0) is 23.6. The van der Waals surface area contributed by atoms with E-state index in [1.165, 1.54) is 12.3 Å². The van der Waals surface area contributed by atoms with Crippen molar-refractivity contribution in [3.63, 3.8) is 0 Å². The topological polar surface area (TPSA) is 133 Å². The molecule has 0 saturated carbocycles. The molecule has 3 N–H and O–H groups in total. The number of piperidine rings is 1. The van der Waals surface area contributed by atoms with Crippen LogP contribution in [0.1, 0.15) is 30.5 Å². The van der Waals surface area contributed by atoms with Crippen molar-refractivity contribution in [2.75, 3.05) is 28.6 Å². The van der Waals surface area contributed by atoms with Gasteiger partial charge in [0.25, 0.3) is 0 Å². The zero-order valence-electron chi connectivity index (χ0n) is 17.5. The van der Waals surface area contributed by atoms with Crippen molar-refractivity contribution in [3.8, 4) is 0 Å². The van der Waals surface area contributed by atoms with Crippen LogP contribution in [0.15, 0.2) is 40.9 Å². The van der Waals surface area contributed by atoms with Gasteiger partial charge in [-0.3, -0.25) is 9.59 Å². The number of pyridine rings is 1. The van der Waals surface area contributed by atoms with Crippen molar-refractivity contribution in [1.82, 2.24) is 15.2 Å². The highest BCUT2D eigenvalue weighted by molar-refractivity contribution is 6.00. The lowest BCUT2D eigenvalue weighted by molar-refractivity contribution is -0.149. The van der Waals surface area contributed by atoms with Crippen molar-refractivity contribution < 1.29 is 27.9 Å². The highest BCUT2D eigenvalue weighted by Crippen LogP contribution is 2.32. The maximum Gasteiger partial charge on any atom is 0.320 e. The summed E-state index contributed by atoms with van der Waals surface area (Å²) in [5, 5.41) is 21.8. The van der Waals surface area contributed by atoms with E-state index in [1.807, 2.05) is 4.90 Å². The number of carboxylic acid groups (broad SMARTS) is 1. The maximum absolute atomic E-state index is 13.3. The van der Waals surface area contributed by atoms with E-state index < -0.39 is 28.9 Å². The number of nitrogens with one attached hydrogen (secondary N) is 2. The first-order chi connectivity index (χ1) is 15.7. The lowest BCUT2D eigenvalue weighted by Gasteiger charge is -2.37. The van der Waals surface area contributed by atoms with Gasteiger partial charge in [0.1, 0.15) is 5.82 Å². The Morgan fingerprint density at radius 3 is 2.45 bits per heavy atom. The molecule has 0 aliphatic carbocycles. The first-order valence-electron chi connectivity index (χ1n) is 10.0. The number of anilines is 4. The molecular weight excluding hydrogens is 438 g/mol. The van der Waals surface area contributed by atoms with Gasteiger partial charge in [-0.2, -0.15) is 0 Å². The van der Waals surface area contributed by atoms with Crippen LogP contribution in [0.4, 0.5) is 32.0 Å². The Morgan fingerprint density at radius 1 is 1.09 bits per heavy atom. The number of benzene rings is 1. The van der Waals surface area contributed by atoms with Crippen LogP contribution in [-0.4, -0.2) is 45.3 Å². The molecule has 0 unspecified atom stereocenters. The normalized spacial score (nSPS) is 15.2. The zero-order valence-corrected chi connectivity index (χ0v) is 17.5. The summed E-state index contributed by atoms with van der Waals surface area (Å²) in [5.74, 6) is -3.17. The van der Waals surface area contributed by atoms with Crippen LogP contribution in [-0.2, 0) is 4.79 Å². The van der Waals surface area contributed by atoms with Gasteiger partial charge in [-0.25, -0.2) is 13.8 Å². The molecule has 10 nitrogen and oxygen atoms in total. The number of hydrogen-bond donors (Lipinski definition) is 3. The standard InChI is InChI=1S/C21H20F2N6O4/c1-21(19(31)32)6-8-29(9-7-21)16-5-3-13(11-24-16)25-17(30)18-27-28-20(33-18)26-12-2-4-14(22)15(23)10-12/h2-5,10-11H,6-9H2,1H3,(H,25,30)(H,26,28)(H,31,32). The second-order valence-corrected chi connectivity index (χ2v) is 7.88. The highest BCUT2D eigenvalue weighted by Gasteiger charge is 2.37. The fourth-order valence-electron chi connectivity index (χ4n) is 3.34. The molecule has 172 valence electrons. The second kappa shape index (κ2) is 8.81. The van der Waals surface area contributed by atoms with Crippen LogP contribution in [0, 0.1) is 17.0 Å². The van der Waals surface area contributed by atoms with E-state index in [9.17, 15) is 23.5 Å².